The van der Waals surface area contributed by atoms with Gasteiger partial charge in [0.25, 0.3) is 0 Å². The maximum atomic E-state index is 12.9. The molecule has 0 atom stereocenters. The normalized spacial score (nSPS) is 14.0. The molecule has 0 aliphatic heterocycles. The minimum atomic E-state index is -0.323. The fourth-order valence-corrected chi connectivity index (χ4v) is 10.5. The van der Waals surface area contributed by atoms with Crippen molar-refractivity contribution in [1.82, 2.24) is 0 Å². The Labute approximate surface area is 172 Å². The monoisotopic (exact) mass is 500 g/mol. The van der Waals surface area contributed by atoms with Crippen LogP contribution in [-0.4, -0.2) is 32.0 Å². The van der Waals surface area contributed by atoms with Gasteiger partial charge >= 0.3 is 173 Å². The van der Waals surface area contributed by atoms with E-state index >= 15 is 0 Å². The topological polar surface area (TPSA) is 34.1 Å². The fourth-order valence-electron chi connectivity index (χ4n) is 3.64. The van der Waals surface area contributed by atoms with Crippen molar-refractivity contribution in [1.29, 1.82) is 0 Å². The van der Waals surface area contributed by atoms with Gasteiger partial charge in [-0.15, -0.1) is 0 Å². The summed E-state index contributed by atoms with van der Waals surface area (Å²) in [6.07, 6.45) is 1.80. The van der Waals surface area contributed by atoms with Crippen LogP contribution in [0.25, 0.3) is 33.1 Å². The Balaban J connectivity index is 1.50. The average molecular weight is 498 g/mol. The first kappa shape index (κ1) is 16.0. The Bertz CT molecular complexity index is 1410. The van der Waals surface area contributed by atoms with Crippen LogP contribution in [0.3, 0.4) is 0 Å². The van der Waals surface area contributed by atoms with E-state index in [9.17, 15) is 9.59 Å². The van der Waals surface area contributed by atoms with Crippen LogP contribution in [0.2, 0.25) is 0 Å². The zero-order valence-electron chi connectivity index (χ0n) is 13.8. The van der Waals surface area contributed by atoms with E-state index in [2.05, 4.69) is 17.5 Å². The third-order valence-corrected chi connectivity index (χ3v) is 11.0. The van der Waals surface area contributed by atoms with Gasteiger partial charge in [0.05, 0.1) is 0 Å². The summed E-state index contributed by atoms with van der Waals surface area (Å²) in [6, 6.07) is 16.0. The molecule has 2 nitrogen and oxygen atoms in total. The number of carbonyl (C=O) groups excluding carboxylic acids is 2. The van der Waals surface area contributed by atoms with Gasteiger partial charge in [-0.25, -0.2) is 0 Å². The van der Waals surface area contributed by atoms with Crippen LogP contribution in [0, 0.1) is 0 Å². The quantitative estimate of drug-likeness (QED) is 0.167. The summed E-state index contributed by atoms with van der Waals surface area (Å²) in [6.45, 7) is 0. The first-order valence-electron chi connectivity index (χ1n) is 8.42. The van der Waals surface area contributed by atoms with Crippen molar-refractivity contribution in [3.8, 4) is 0 Å². The zero-order valence-corrected chi connectivity index (χ0v) is 17.8. The molecule has 0 saturated carbocycles. The number of allylic oxidation sites excluding steroid dienone is 1. The molecular formula is C22H10O2S2Te. The van der Waals surface area contributed by atoms with Crippen molar-refractivity contribution in [2.45, 2.75) is 0 Å². The number of rotatable bonds is 1. The third kappa shape index (κ3) is 2.30. The van der Waals surface area contributed by atoms with Crippen LogP contribution < -0.4 is 0 Å². The fraction of sp³-hybridized carbons (Fsp3) is 0. The summed E-state index contributed by atoms with van der Waals surface area (Å²) in [5.74, 6) is -0.301. The van der Waals surface area contributed by atoms with Crippen molar-refractivity contribution < 1.29 is 9.59 Å². The van der Waals surface area contributed by atoms with Crippen molar-refractivity contribution in [2.75, 3.05) is 0 Å². The molecule has 0 unspecified atom stereocenters. The summed E-state index contributed by atoms with van der Waals surface area (Å²) >= 11 is 3.17. The summed E-state index contributed by atoms with van der Waals surface area (Å²) in [5.41, 5.74) is 1.36. The summed E-state index contributed by atoms with van der Waals surface area (Å²) in [7, 11) is 0. The van der Waals surface area contributed by atoms with Crippen molar-refractivity contribution in [3.05, 3.63) is 75.5 Å². The molecule has 0 spiro atoms. The molecule has 0 N–H and O–H groups in total. The molecule has 0 radical (unpaired) electrons. The van der Waals surface area contributed by atoms with E-state index in [1.165, 1.54) is 16.2 Å². The van der Waals surface area contributed by atoms with Gasteiger partial charge in [-0.3, -0.25) is 0 Å². The second kappa shape index (κ2) is 5.73. The van der Waals surface area contributed by atoms with Gasteiger partial charge in [0.15, 0.2) is 0 Å². The molecule has 1 aliphatic carbocycles. The predicted octanol–water partition coefficient (Wildman–Crippen LogP) is 5.79. The van der Waals surface area contributed by atoms with Gasteiger partial charge < -0.3 is 0 Å². The number of thiophene rings is 2. The molecule has 2 aromatic carbocycles. The van der Waals surface area contributed by atoms with Crippen molar-refractivity contribution in [2.24, 2.45) is 0 Å². The van der Waals surface area contributed by atoms with E-state index in [0.29, 0.717) is 16.7 Å². The molecule has 5 aromatic rings. The average Bonchev–Trinajstić information content (AvgIpc) is 3.39. The SMILES string of the molecule is O=C1C(=Cc2cc3[te]c4ccsc4c3s2)C(=O)c2cc3ccccc3cc21. The summed E-state index contributed by atoms with van der Waals surface area (Å²) in [5, 5.41) is 4.14. The number of hydrogen-bond donors (Lipinski definition) is 0. The second-order valence-corrected chi connectivity index (χ2v) is 11.6. The van der Waals surface area contributed by atoms with E-state index in [1.807, 2.05) is 36.4 Å². The Morgan fingerprint density at radius 1 is 0.815 bits per heavy atom. The molecule has 0 bridgehead atoms. The second-order valence-electron chi connectivity index (χ2n) is 6.52. The molecule has 0 fully saturated rings. The number of hydrogen-bond acceptors (Lipinski definition) is 4. The molecule has 27 heavy (non-hydrogen) atoms. The number of Topliss-reactive ketones (excluding diaryl/α,β-unsaturated/α-hetero) is 2. The molecule has 6 rings (SSSR count). The van der Waals surface area contributed by atoms with Crippen LogP contribution in [0.1, 0.15) is 25.6 Å². The van der Waals surface area contributed by atoms with E-state index in [4.69, 9.17) is 0 Å². The number of fused-ring (bicyclic) bond motifs is 5. The molecule has 5 heteroatoms. The number of benzene rings is 2. The van der Waals surface area contributed by atoms with Crippen LogP contribution in [-0.2, 0) is 0 Å². The summed E-state index contributed by atoms with van der Waals surface area (Å²) in [4.78, 5) is 26.8. The van der Waals surface area contributed by atoms with Gasteiger partial charge in [0.1, 0.15) is 0 Å². The molecule has 0 amide bonds. The minimum absolute atomic E-state index is 0.150. The Morgan fingerprint density at radius 3 is 2.22 bits per heavy atom. The first-order chi connectivity index (χ1) is 13.2. The predicted molar refractivity (Wildman–Crippen MR) is 115 cm³/mol. The molecule has 1 aliphatic rings. The Kier molecular flexibility index (Phi) is 3.39. The number of carbonyl (C=O) groups is 2. The van der Waals surface area contributed by atoms with E-state index in [0.717, 1.165) is 15.6 Å². The van der Waals surface area contributed by atoms with Crippen LogP contribution in [0.5, 0.6) is 0 Å². The standard InChI is InChI=1S/C22H10O2S2Te/c23-19-14-7-11-3-1-2-4-12(11)8-15(14)20(24)16(19)9-13-10-18-22(26-13)21-17(27-18)5-6-25-21/h1-10H. The first-order valence-corrected chi connectivity index (χ1v) is 12.4. The van der Waals surface area contributed by atoms with E-state index < -0.39 is 0 Å². The van der Waals surface area contributed by atoms with Gasteiger partial charge in [0, 0.05) is 0 Å². The Morgan fingerprint density at radius 2 is 1.52 bits per heavy atom. The van der Waals surface area contributed by atoms with Gasteiger partial charge in [-0.2, -0.15) is 0 Å². The van der Waals surface area contributed by atoms with Crippen molar-refractivity contribution in [3.63, 3.8) is 0 Å². The van der Waals surface area contributed by atoms with Crippen molar-refractivity contribution >= 4 is 87.7 Å². The van der Waals surface area contributed by atoms with E-state index in [1.54, 1.807) is 28.7 Å². The van der Waals surface area contributed by atoms with E-state index in [-0.39, 0.29) is 32.0 Å². The molecular weight excluding hydrogens is 488 g/mol. The molecule has 0 saturated heterocycles. The van der Waals surface area contributed by atoms with Gasteiger partial charge in [-0.05, 0) is 0 Å². The zero-order chi connectivity index (χ0) is 18.1. The van der Waals surface area contributed by atoms with Gasteiger partial charge in [-0.1, -0.05) is 0 Å². The van der Waals surface area contributed by atoms with Gasteiger partial charge in [0.2, 0.25) is 0 Å². The van der Waals surface area contributed by atoms with Crippen LogP contribution in [0.15, 0.2) is 59.5 Å². The molecule has 3 heterocycles. The third-order valence-electron chi connectivity index (χ3n) is 4.92. The molecule has 3 aromatic heterocycles. The van der Waals surface area contributed by atoms with Crippen LogP contribution >= 0.6 is 22.7 Å². The van der Waals surface area contributed by atoms with Crippen LogP contribution in [0.4, 0.5) is 0 Å². The summed E-state index contributed by atoms with van der Waals surface area (Å²) < 4.78 is 5.68. The maximum absolute atomic E-state index is 12.9. The Hall–Kier alpha value is -2.03. The molecule has 128 valence electrons. The number of ketones is 2.